The highest BCUT2D eigenvalue weighted by Gasteiger charge is 2.22. The van der Waals surface area contributed by atoms with E-state index in [-0.39, 0.29) is 11.5 Å². The van der Waals surface area contributed by atoms with Crippen molar-refractivity contribution in [3.8, 4) is 0 Å². The molecule has 1 unspecified atom stereocenters. The summed E-state index contributed by atoms with van der Waals surface area (Å²) < 4.78 is 3.82. The summed E-state index contributed by atoms with van der Waals surface area (Å²) in [5.41, 5.74) is 2.42. The molecule has 0 spiro atoms. The molecule has 2 aromatic heterocycles. The first-order valence-electron chi connectivity index (χ1n) is 6.89. The second kappa shape index (κ2) is 5.36. The van der Waals surface area contributed by atoms with E-state index in [0.29, 0.717) is 0 Å². The molecule has 6 heteroatoms. The van der Waals surface area contributed by atoms with Gasteiger partial charge in [-0.15, -0.1) is 10.2 Å². The Morgan fingerprint density at radius 3 is 2.55 bits per heavy atom. The summed E-state index contributed by atoms with van der Waals surface area (Å²) >= 11 is 0. The van der Waals surface area contributed by atoms with E-state index >= 15 is 0 Å². The Morgan fingerprint density at radius 2 is 2.00 bits per heavy atom. The van der Waals surface area contributed by atoms with E-state index in [1.807, 2.05) is 23.3 Å². The van der Waals surface area contributed by atoms with Gasteiger partial charge < -0.3 is 9.88 Å². The molecule has 2 aromatic rings. The van der Waals surface area contributed by atoms with Crippen LogP contribution in [0.15, 0.2) is 12.5 Å². The van der Waals surface area contributed by atoms with Crippen molar-refractivity contribution in [2.45, 2.75) is 45.7 Å². The fourth-order valence-electron chi connectivity index (χ4n) is 2.34. The highest BCUT2D eigenvalue weighted by atomic mass is 15.3. The van der Waals surface area contributed by atoms with Crippen molar-refractivity contribution >= 4 is 0 Å². The van der Waals surface area contributed by atoms with Crippen LogP contribution in [0, 0.1) is 0 Å². The standard InChI is InChI=1S/C14H24N6/c1-10(13-17-16-9-19(13)5)15-7-11-8-20(6)18-12(11)14(2,3)4/h8-10,15H,7H2,1-6H3. The Bertz CT molecular complexity index is 575. The largest absolute Gasteiger partial charge is 0.319 e. The number of rotatable bonds is 4. The van der Waals surface area contributed by atoms with E-state index in [1.54, 1.807) is 6.33 Å². The molecule has 0 amide bonds. The average molecular weight is 276 g/mol. The van der Waals surface area contributed by atoms with Gasteiger partial charge in [-0.1, -0.05) is 20.8 Å². The molecule has 2 rings (SSSR count). The molecular formula is C14H24N6. The van der Waals surface area contributed by atoms with Crippen molar-refractivity contribution in [1.29, 1.82) is 0 Å². The van der Waals surface area contributed by atoms with Gasteiger partial charge in [0.2, 0.25) is 0 Å². The van der Waals surface area contributed by atoms with E-state index in [2.05, 4.69) is 54.5 Å². The maximum Gasteiger partial charge on any atom is 0.149 e. The number of aryl methyl sites for hydroxylation is 2. The Balaban J connectivity index is 2.10. The Labute approximate surface area is 120 Å². The molecule has 0 bridgehead atoms. The lowest BCUT2D eigenvalue weighted by Gasteiger charge is -2.19. The van der Waals surface area contributed by atoms with Gasteiger partial charge in [0.1, 0.15) is 12.2 Å². The van der Waals surface area contributed by atoms with E-state index in [1.165, 1.54) is 5.56 Å². The van der Waals surface area contributed by atoms with Crippen molar-refractivity contribution in [3.05, 3.63) is 29.6 Å². The van der Waals surface area contributed by atoms with Gasteiger partial charge in [0.15, 0.2) is 0 Å². The molecule has 0 aliphatic rings. The first-order chi connectivity index (χ1) is 9.29. The monoisotopic (exact) mass is 276 g/mol. The smallest absolute Gasteiger partial charge is 0.149 e. The number of aromatic nitrogens is 5. The minimum atomic E-state index is 0.0479. The Hall–Kier alpha value is -1.69. The van der Waals surface area contributed by atoms with Crippen molar-refractivity contribution < 1.29 is 0 Å². The molecule has 0 aromatic carbocycles. The van der Waals surface area contributed by atoms with Crippen molar-refractivity contribution in [3.63, 3.8) is 0 Å². The van der Waals surface area contributed by atoms with Gasteiger partial charge in [0, 0.05) is 37.8 Å². The molecule has 1 N–H and O–H groups in total. The summed E-state index contributed by atoms with van der Waals surface area (Å²) in [5.74, 6) is 0.936. The summed E-state index contributed by atoms with van der Waals surface area (Å²) in [6.07, 6.45) is 3.80. The van der Waals surface area contributed by atoms with Crippen molar-refractivity contribution in [2.75, 3.05) is 0 Å². The molecular weight excluding hydrogens is 252 g/mol. The zero-order valence-electron chi connectivity index (χ0n) is 13.2. The highest BCUT2D eigenvalue weighted by Crippen LogP contribution is 2.24. The van der Waals surface area contributed by atoms with Crippen LogP contribution in [0.25, 0.3) is 0 Å². The zero-order chi connectivity index (χ0) is 14.9. The predicted octanol–water partition coefficient (Wildman–Crippen LogP) is 1.70. The number of nitrogens with one attached hydrogen (secondary N) is 1. The van der Waals surface area contributed by atoms with Crippen LogP contribution in [0.5, 0.6) is 0 Å². The van der Waals surface area contributed by atoms with Gasteiger partial charge >= 0.3 is 0 Å². The Morgan fingerprint density at radius 1 is 1.30 bits per heavy atom. The van der Waals surface area contributed by atoms with E-state index in [9.17, 15) is 0 Å². The van der Waals surface area contributed by atoms with Gasteiger partial charge in [-0.2, -0.15) is 5.10 Å². The van der Waals surface area contributed by atoms with Crippen LogP contribution in [0.1, 0.15) is 50.8 Å². The maximum absolute atomic E-state index is 4.58. The quantitative estimate of drug-likeness (QED) is 0.923. The van der Waals surface area contributed by atoms with Gasteiger partial charge in [-0.05, 0) is 6.92 Å². The van der Waals surface area contributed by atoms with E-state index in [0.717, 1.165) is 18.1 Å². The molecule has 0 aliphatic carbocycles. The van der Waals surface area contributed by atoms with Crippen molar-refractivity contribution in [2.24, 2.45) is 14.1 Å². The molecule has 1 atom stereocenters. The summed E-state index contributed by atoms with van der Waals surface area (Å²) in [4.78, 5) is 0. The van der Waals surface area contributed by atoms with Crippen LogP contribution in [0.3, 0.4) is 0 Å². The summed E-state index contributed by atoms with van der Waals surface area (Å²) in [6.45, 7) is 9.42. The second-order valence-corrected chi connectivity index (χ2v) is 6.33. The number of nitrogens with zero attached hydrogens (tertiary/aromatic N) is 5. The highest BCUT2D eigenvalue weighted by molar-refractivity contribution is 5.24. The lowest BCUT2D eigenvalue weighted by Crippen LogP contribution is -2.23. The molecule has 20 heavy (non-hydrogen) atoms. The minimum absolute atomic E-state index is 0.0479. The van der Waals surface area contributed by atoms with Gasteiger partial charge in [-0.3, -0.25) is 4.68 Å². The molecule has 0 fully saturated rings. The third-order valence-electron chi connectivity index (χ3n) is 3.35. The molecule has 0 radical (unpaired) electrons. The lowest BCUT2D eigenvalue weighted by atomic mass is 9.89. The first kappa shape index (κ1) is 14.7. The van der Waals surface area contributed by atoms with Crippen LogP contribution in [0.4, 0.5) is 0 Å². The van der Waals surface area contributed by atoms with Gasteiger partial charge in [-0.25, -0.2) is 0 Å². The van der Waals surface area contributed by atoms with E-state index < -0.39 is 0 Å². The first-order valence-corrected chi connectivity index (χ1v) is 6.89. The van der Waals surface area contributed by atoms with Crippen LogP contribution in [-0.2, 0) is 26.1 Å². The number of hydrogen-bond acceptors (Lipinski definition) is 4. The lowest BCUT2D eigenvalue weighted by molar-refractivity contribution is 0.511. The van der Waals surface area contributed by atoms with Crippen LogP contribution >= 0.6 is 0 Å². The fourth-order valence-corrected chi connectivity index (χ4v) is 2.34. The van der Waals surface area contributed by atoms with E-state index in [4.69, 9.17) is 0 Å². The number of hydrogen-bond donors (Lipinski definition) is 1. The second-order valence-electron chi connectivity index (χ2n) is 6.33. The van der Waals surface area contributed by atoms with Gasteiger partial charge in [0.05, 0.1) is 11.7 Å². The summed E-state index contributed by atoms with van der Waals surface area (Å²) in [6, 6.07) is 0.149. The minimum Gasteiger partial charge on any atom is -0.319 e. The molecule has 2 heterocycles. The van der Waals surface area contributed by atoms with Crippen molar-refractivity contribution in [1.82, 2.24) is 29.9 Å². The van der Waals surface area contributed by atoms with Gasteiger partial charge in [0.25, 0.3) is 0 Å². The SMILES string of the molecule is CC(NCc1cn(C)nc1C(C)(C)C)c1nncn1C. The third-order valence-corrected chi connectivity index (χ3v) is 3.35. The molecule has 6 nitrogen and oxygen atoms in total. The van der Waals surface area contributed by atoms with Crippen LogP contribution in [0.2, 0.25) is 0 Å². The third kappa shape index (κ3) is 3.07. The predicted molar refractivity (Wildman–Crippen MR) is 78.2 cm³/mol. The Kier molecular flexibility index (Phi) is 3.94. The molecule has 0 saturated carbocycles. The summed E-state index contributed by atoms with van der Waals surface area (Å²) in [5, 5.41) is 16.1. The fraction of sp³-hybridized carbons (Fsp3) is 0.643. The molecule has 0 aliphatic heterocycles. The average Bonchev–Trinajstić information content (AvgIpc) is 2.91. The van der Waals surface area contributed by atoms with Crippen LogP contribution in [-0.4, -0.2) is 24.5 Å². The molecule has 0 saturated heterocycles. The summed E-state index contributed by atoms with van der Waals surface area (Å²) in [7, 11) is 3.92. The van der Waals surface area contributed by atoms with Crippen LogP contribution < -0.4 is 5.32 Å². The molecule has 110 valence electrons. The maximum atomic E-state index is 4.58. The normalized spacial score (nSPS) is 13.7. The zero-order valence-corrected chi connectivity index (χ0v) is 13.2. The topological polar surface area (TPSA) is 60.6 Å².